The molecule has 1 aromatic heterocycles. The molecule has 8 heteroatoms. The van der Waals surface area contributed by atoms with Gasteiger partial charge in [-0.3, -0.25) is 4.79 Å². The second-order valence-corrected chi connectivity index (χ2v) is 7.79. The Balaban J connectivity index is 1.55. The minimum Gasteiger partial charge on any atom is -0.338 e. The van der Waals surface area contributed by atoms with Gasteiger partial charge in [-0.1, -0.05) is 12.1 Å². The summed E-state index contributed by atoms with van der Waals surface area (Å²) in [7, 11) is -3.60. The first-order valence-electron chi connectivity index (χ1n) is 8.07. The van der Waals surface area contributed by atoms with Gasteiger partial charge >= 0.3 is 0 Å². The number of rotatable bonds is 5. The standard InChI is InChI=1S/C17H20N4O3S/c1-13-3-2-4-15(9-13)25(23,24)20-7-5-17(22)21-8-6-16-14(11-21)10-18-12-19-16/h2-4,9-10,12,20H,5-8,11H2,1H3. The number of amides is 1. The van der Waals surface area contributed by atoms with Crippen LogP contribution in [0.3, 0.4) is 0 Å². The first kappa shape index (κ1) is 17.5. The molecule has 2 aromatic rings. The van der Waals surface area contributed by atoms with Crippen LogP contribution in [0.5, 0.6) is 0 Å². The van der Waals surface area contributed by atoms with Gasteiger partial charge < -0.3 is 4.90 Å². The summed E-state index contributed by atoms with van der Waals surface area (Å²) in [5, 5.41) is 0. The molecule has 132 valence electrons. The first-order chi connectivity index (χ1) is 12.0. The molecule has 2 heterocycles. The van der Waals surface area contributed by atoms with Crippen molar-refractivity contribution in [2.75, 3.05) is 13.1 Å². The molecule has 7 nitrogen and oxygen atoms in total. The Labute approximate surface area is 147 Å². The van der Waals surface area contributed by atoms with Crippen LogP contribution in [0.1, 0.15) is 23.2 Å². The summed E-state index contributed by atoms with van der Waals surface area (Å²) >= 11 is 0. The maximum Gasteiger partial charge on any atom is 0.240 e. The van der Waals surface area contributed by atoms with Crippen molar-refractivity contribution >= 4 is 15.9 Å². The van der Waals surface area contributed by atoms with E-state index in [1.165, 1.54) is 6.33 Å². The van der Waals surface area contributed by atoms with Crippen molar-refractivity contribution in [2.45, 2.75) is 31.2 Å². The lowest BCUT2D eigenvalue weighted by Gasteiger charge is -2.27. The zero-order chi connectivity index (χ0) is 17.9. The fourth-order valence-corrected chi connectivity index (χ4v) is 3.93. The van der Waals surface area contributed by atoms with E-state index in [4.69, 9.17) is 0 Å². The van der Waals surface area contributed by atoms with Crippen LogP contribution >= 0.6 is 0 Å². The highest BCUT2D eigenvalue weighted by molar-refractivity contribution is 7.89. The molecular weight excluding hydrogens is 340 g/mol. The summed E-state index contributed by atoms with van der Waals surface area (Å²) in [6, 6.07) is 6.67. The zero-order valence-corrected chi connectivity index (χ0v) is 14.8. The predicted molar refractivity (Wildman–Crippen MR) is 92.1 cm³/mol. The number of sulfonamides is 1. The van der Waals surface area contributed by atoms with E-state index in [0.717, 1.165) is 16.8 Å². The summed E-state index contributed by atoms with van der Waals surface area (Å²) in [6.45, 7) is 2.97. The van der Waals surface area contributed by atoms with E-state index in [9.17, 15) is 13.2 Å². The minimum atomic E-state index is -3.60. The summed E-state index contributed by atoms with van der Waals surface area (Å²) in [5.41, 5.74) is 2.79. The fraction of sp³-hybridized carbons (Fsp3) is 0.353. The van der Waals surface area contributed by atoms with Crippen molar-refractivity contribution in [3.05, 3.63) is 53.6 Å². The number of hydrogen-bond donors (Lipinski definition) is 1. The van der Waals surface area contributed by atoms with Crippen LogP contribution in [0.25, 0.3) is 0 Å². The molecule has 3 rings (SSSR count). The maximum absolute atomic E-state index is 12.3. The molecule has 0 atom stereocenters. The third-order valence-corrected chi connectivity index (χ3v) is 5.60. The summed E-state index contributed by atoms with van der Waals surface area (Å²) in [4.78, 5) is 22.5. The Hall–Kier alpha value is -2.32. The molecule has 0 bridgehead atoms. The summed E-state index contributed by atoms with van der Waals surface area (Å²) < 4.78 is 27.0. The van der Waals surface area contributed by atoms with E-state index >= 15 is 0 Å². The van der Waals surface area contributed by atoms with Gasteiger partial charge in [-0.2, -0.15) is 0 Å². The molecule has 0 radical (unpaired) electrons. The average molecular weight is 360 g/mol. The van der Waals surface area contributed by atoms with Gasteiger partial charge in [0, 0.05) is 44.2 Å². The Morgan fingerprint density at radius 3 is 3.00 bits per heavy atom. The first-order valence-corrected chi connectivity index (χ1v) is 9.56. The second-order valence-electron chi connectivity index (χ2n) is 6.02. The van der Waals surface area contributed by atoms with Crippen molar-refractivity contribution in [1.29, 1.82) is 0 Å². The molecule has 0 saturated heterocycles. The third-order valence-electron chi connectivity index (χ3n) is 4.14. The lowest BCUT2D eigenvalue weighted by molar-refractivity contribution is -0.131. The number of nitrogens with one attached hydrogen (secondary N) is 1. The molecule has 0 unspecified atom stereocenters. The third kappa shape index (κ3) is 4.21. The number of fused-ring (bicyclic) bond motifs is 1. The van der Waals surface area contributed by atoms with Gasteiger partial charge in [0.25, 0.3) is 0 Å². The number of carbonyl (C=O) groups is 1. The molecule has 1 aliphatic rings. The minimum absolute atomic E-state index is 0.0732. The average Bonchev–Trinajstić information content (AvgIpc) is 2.61. The maximum atomic E-state index is 12.3. The van der Waals surface area contributed by atoms with Crippen LogP contribution in [0.15, 0.2) is 41.7 Å². The monoisotopic (exact) mass is 360 g/mol. The van der Waals surface area contributed by atoms with Crippen molar-refractivity contribution < 1.29 is 13.2 Å². The van der Waals surface area contributed by atoms with Crippen LogP contribution in [0.2, 0.25) is 0 Å². The van der Waals surface area contributed by atoms with E-state index in [2.05, 4.69) is 14.7 Å². The number of aryl methyl sites for hydroxylation is 1. The molecule has 25 heavy (non-hydrogen) atoms. The number of hydrogen-bond acceptors (Lipinski definition) is 5. The fourth-order valence-electron chi connectivity index (χ4n) is 2.80. The van der Waals surface area contributed by atoms with Crippen LogP contribution in [-0.2, 0) is 27.8 Å². The van der Waals surface area contributed by atoms with Gasteiger partial charge in [-0.05, 0) is 24.6 Å². The van der Waals surface area contributed by atoms with Crippen LogP contribution < -0.4 is 4.72 Å². The summed E-state index contributed by atoms with van der Waals surface area (Å²) in [5.74, 6) is -0.0820. The van der Waals surface area contributed by atoms with E-state index in [1.54, 1.807) is 29.3 Å². The largest absolute Gasteiger partial charge is 0.338 e. The van der Waals surface area contributed by atoms with Crippen molar-refractivity contribution in [3.63, 3.8) is 0 Å². The van der Waals surface area contributed by atoms with Gasteiger partial charge in [0.1, 0.15) is 6.33 Å². The topological polar surface area (TPSA) is 92.3 Å². The Bertz CT molecular complexity index is 883. The van der Waals surface area contributed by atoms with Crippen LogP contribution in [0.4, 0.5) is 0 Å². The van der Waals surface area contributed by atoms with Gasteiger partial charge in [0.05, 0.1) is 10.6 Å². The number of benzene rings is 1. The van der Waals surface area contributed by atoms with Gasteiger partial charge in [-0.25, -0.2) is 23.1 Å². The quantitative estimate of drug-likeness (QED) is 0.860. The highest BCUT2D eigenvalue weighted by Crippen LogP contribution is 2.16. The lowest BCUT2D eigenvalue weighted by atomic mass is 10.1. The van der Waals surface area contributed by atoms with Crippen molar-refractivity contribution in [1.82, 2.24) is 19.6 Å². The highest BCUT2D eigenvalue weighted by atomic mass is 32.2. The molecule has 1 N–H and O–H groups in total. The predicted octanol–water partition coefficient (Wildman–Crippen LogP) is 1.04. The van der Waals surface area contributed by atoms with Gasteiger partial charge in [0.2, 0.25) is 15.9 Å². The molecule has 0 fully saturated rings. The van der Waals surface area contributed by atoms with Crippen LogP contribution in [0, 0.1) is 6.92 Å². The second kappa shape index (κ2) is 7.28. The molecule has 1 aliphatic heterocycles. The molecule has 0 aliphatic carbocycles. The van der Waals surface area contributed by atoms with E-state index < -0.39 is 10.0 Å². The zero-order valence-electron chi connectivity index (χ0n) is 14.0. The normalized spacial score (nSPS) is 14.2. The number of aromatic nitrogens is 2. The SMILES string of the molecule is Cc1cccc(S(=O)(=O)NCCC(=O)N2CCc3ncncc3C2)c1. The Morgan fingerprint density at radius 2 is 2.20 bits per heavy atom. The van der Waals surface area contributed by atoms with Gasteiger partial charge in [-0.15, -0.1) is 0 Å². The number of carbonyl (C=O) groups excluding carboxylic acids is 1. The van der Waals surface area contributed by atoms with E-state index in [-0.39, 0.29) is 23.8 Å². The summed E-state index contributed by atoms with van der Waals surface area (Å²) in [6.07, 6.45) is 4.05. The lowest BCUT2D eigenvalue weighted by Crippen LogP contribution is -2.38. The molecule has 1 aromatic carbocycles. The molecule has 0 spiro atoms. The number of nitrogens with zero attached hydrogens (tertiary/aromatic N) is 3. The van der Waals surface area contributed by atoms with E-state index in [1.807, 2.05) is 13.0 Å². The van der Waals surface area contributed by atoms with Crippen molar-refractivity contribution in [3.8, 4) is 0 Å². The van der Waals surface area contributed by atoms with E-state index in [0.29, 0.717) is 19.5 Å². The van der Waals surface area contributed by atoms with Crippen LogP contribution in [-0.4, -0.2) is 42.3 Å². The molecule has 1 amide bonds. The molecule has 0 saturated carbocycles. The van der Waals surface area contributed by atoms with Crippen molar-refractivity contribution in [2.24, 2.45) is 0 Å². The van der Waals surface area contributed by atoms with Gasteiger partial charge in [0.15, 0.2) is 0 Å². The molecular formula is C17H20N4O3S. The Kier molecular flexibility index (Phi) is 5.10. The Morgan fingerprint density at radius 1 is 1.36 bits per heavy atom. The smallest absolute Gasteiger partial charge is 0.240 e. The highest BCUT2D eigenvalue weighted by Gasteiger charge is 2.22.